The largest absolute Gasteiger partial charge is 0.297 e. The predicted octanol–water partition coefficient (Wildman–Crippen LogP) is 2.59. The lowest BCUT2D eigenvalue weighted by atomic mass is 9.91. The molecular weight excluding hydrogens is 296 g/mol. The van der Waals surface area contributed by atoms with E-state index < -0.39 is 10.0 Å². The summed E-state index contributed by atoms with van der Waals surface area (Å²) in [6.45, 7) is 6.39. The van der Waals surface area contributed by atoms with Gasteiger partial charge in [-0.05, 0) is 36.9 Å². The molecule has 4 nitrogen and oxygen atoms in total. The molecule has 0 amide bonds. The van der Waals surface area contributed by atoms with E-state index in [2.05, 4.69) is 50.1 Å². The van der Waals surface area contributed by atoms with Crippen LogP contribution >= 0.6 is 0 Å². The number of hydrogen-bond donors (Lipinski definition) is 0. The van der Waals surface area contributed by atoms with Gasteiger partial charge in [0.05, 0.1) is 5.25 Å². The van der Waals surface area contributed by atoms with E-state index in [1.807, 2.05) is 0 Å². The minimum Gasteiger partial charge on any atom is -0.297 e. The lowest BCUT2D eigenvalue weighted by molar-refractivity contribution is 0.147. The summed E-state index contributed by atoms with van der Waals surface area (Å²) in [6, 6.07) is 8.61. The molecule has 1 aromatic rings. The van der Waals surface area contributed by atoms with Crippen molar-refractivity contribution < 1.29 is 8.42 Å². The van der Waals surface area contributed by atoms with Crippen molar-refractivity contribution in [2.45, 2.75) is 43.9 Å². The number of likely N-dealkylation sites (N-methyl/N-ethyl adjacent to an activating group) is 1. The van der Waals surface area contributed by atoms with Crippen LogP contribution in [0.25, 0.3) is 0 Å². The van der Waals surface area contributed by atoms with Crippen LogP contribution < -0.4 is 0 Å². The maximum atomic E-state index is 12.6. The van der Waals surface area contributed by atoms with E-state index in [1.54, 1.807) is 4.31 Å². The van der Waals surface area contributed by atoms with Crippen molar-refractivity contribution >= 4 is 10.0 Å². The first kappa shape index (κ1) is 16.0. The molecule has 122 valence electrons. The molecule has 1 saturated carbocycles. The third-order valence-corrected chi connectivity index (χ3v) is 7.26. The number of nitrogens with zero attached hydrogens (tertiary/aromatic N) is 2. The van der Waals surface area contributed by atoms with E-state index in [-0.39, 0.29) is 11.3 Å². The maximum absolute atomic E-state index is 12.6. The zero-order valence-electron chi connectivity index (χ0n) is 13.7. The Hall–Kier alpha value is -0.910. The molecule has 1 saturated heterocycles. The van der Waals surface area contributed by atoms with Crippen LogP contribution in [0.1, 0.15) is 49.8 Å². The highest BCUT2D eigenvalue weighted by atomic mass is 32.2. The standard InChI is InChI=1S/C17H26N2O2S/c1-13(2)15-6-4-5-7-16(15)17-12-19(11-10-18(17)3)22(20,21)14-8-9-14/h4-7,13-14,17H,8-12H2,1-3H3. The van der Waals surface area contributed by atoms with Crippen molar-refractivity contribution in [2.75, 3.05) is 26.7 Å². The Morgan fingerprint density at radius 2 is 1.82 bits per heavy atom. The van der Waals surface area contributed by atoms with Crippen LogP contribution in [0.3, 0.4) is 0 Å². The first-order chi connectivity index (χ1) is 10.4. The van der Waals surface area contributed by atoms with Gasteiger partial charge in [0.25, 0.3) is 0 Å². The first-order valence-corrected chi connectivity index (χ1v) is 9.69. The Morgan fingerprint density at radius 3 is 2.45 bits per heavy atom. The summed E-state index contributed by atoms with van der Waals surface area (Å²) < 4.78 is 26.8. The van der Waals surface area contributed by atoms with Gasteiger partial charge in [0.1, 0.15) is 0 Å². The van der Waals surface area contributed by atoms with Crippen LogP contribution in [0.15, 0.2) is 24.3 Å². The SMILES string of the molecule is CC(C)c1ccccc1C1CN(S(=O)(=O)C2CC2)CCN1C. The molecular formula is C17H26N2O2S. The Balaban J connectivity index is 1.89. The molecule has 22 heavy (non-hydrogen) atoms. The van der Waals surface area contributed by atoms with E-state index in [9.17, 15) is 8.42 Å². The van der Waals surface area contributed by atoms with Crippen molar-refractivity contribution in [1.82, 2.24) is 9.21 Å². The Bertz CT molecular complexity index is 638. The molecule has 2 fully saturated rings. The molecule has 1 heterocycles. The van der Waals surface area contributed by atoms with Gasteiger partial charge in [-0.3, -0.25) is 4.90 Å². The molecule has 0 N–H and O–H groups in total. The molecule has 0 bridgehead atoms. The normalized spacial score (nSPS) is 24.8. The second-order valence-electron chi connectivity index (χ2n) is 6.88. The molecule has 1 aromatic carbocycles. The molecule has 1 unspecified atom stereocenters. The summed E-state index contributed by atoms with van der Waals surface area (Å²) in [5.74, 6) is 0.444. The molecule has 1 atom stereocenters. The van der Waals surface area contributed by atoms with E-state index in [0.717, 1.165) is 19.4 Å². The maximum Gasteiger partial charge on any atom is 0.217 e. The van der Waals surface area contributed by atoms with Gasteiger partial charge in [-0.2, -0.15) is 4.31 Å². The third kappa shape index (κ3) is 2.94. The topological polar surface area (TPSA) is 40.6 Å². The van der Waals surface area contributed by atoms with Crippen LogP contribution in [0, 0.1) is 0 Å². The van der Waals surface area contributed by atoms with Crippen LogP contribution in [0.5, 0.6) is 0 Å². The fourth-order valence-corrected chi connectivity index (χ4v) is 5.17. The van der Waals surface area contributed by atoms with Gasteiger partial charge >= 0.3 is 0 Å². The number of benzene rings is 1. The summed E-state index contributed by atoms with van der Waals surface area (Å²) in [5.41, 5.74) is 2.60. The smallest absolute Gasteiger partial charge is 0.217 e. The van der Waals surface area contributed by atoms with Gasteiger partial charge in [-0.25, -0.2) is 8.42 Å². The average molecular weight is 322 g/mol. The molecule has 1 aliphatic carbocycles. The van der Waals surface area contributed by atoms with Gasteiger partial charge < -0.3 is 0 Å². The van der Waals surface area contributed by atoms with Crippen molar-refractivity contribution in [3.8, 4) is 0 Å². The molecule has 5 heteroatoms. The van der Waals surface area contributed by atoms with Crippen molar-refractivity contribution in [3.05, 3.63) is 35.4 Å². The van der Waals surface area contributed by atoms with E-state index in [0.29, 0.717) is 19.0 Å². The molecule has 0 radical (unpaired) electrons. The van der Waals surface area contributed by atoms with Crippen molar-refractivity contribution in [1.29, 1.82) is 0 Å². The molecule has 3 rings (SSSR count). The molecule has 0 aromatic heterocycles. The number of piperazine rings is 1. The van der Waals surface area contributed by atoms with Crippen molar-refractivity contribution in [2.24, 2.45) is 0 Å². The summed E-state index contributed by atoms with van der Waals surface area (Å²) >= 11 is 0. The van der Waals surface area contributed by atoms with Gasteiger partial charge in [0.15, 0.2) is 0 Å². The highest BCUT2D eigenvalue weighted by Crippen LogP contribution is 2.35. The quantitative estimate of drug-likeness (QED) is 0.855. The fourth-order valence-electron chi connectivity index (χ4n) is 3.33. The van der Waals surface area contributed by atoms with Crippen LogP contribution in [0.2, 0.25) is 0 Å². The van der Waals surface area contributed by atoms with E-state index in [1.165, 1.54) is 11.1 Å². The fraction of sp³-hybridized carbons (Fsp3) is 0.647. The van der Waals surface area contributed by atoms with E-state index >= 15 is 0 Å². The lowest BCUT2D eigenvalue weighted by Crippen LogP contribution is -2.50. The molecule has 0 spiro atoms. The van der Waals surface area contributed by atoms with Gasteiger partial charge in [-0.15, -0.1) is 0 Å². The van der Waals surface area contributed by atoms with Crippen LogP contribution in [-0.2, 0) is 10.0 Å². The Kier molecular flexibility index (Phi) is 4.32. The summed E-state index contributed by atoms with van der Waals surface area (Å²) in [7, 11) is -0.980. The lowest BCUT2D eigenvalue weighted by Gasteiger charge is -2.40. The number of sulfonamides is 1. The van der Waals surface area contributed by atoms with Gasteiger partial charge in [0, 0.05) is 25.7 Å². The van der Waals surface area contributed by atoms with Gasteiger partial charge in [0.2, 0.25) is 10.0 Å². The second-order valence-corrected chi connectivity index (χ2v) is 9.10. The molecule has 2 aliphatic rings. The summed E-state index contributed by atoms with van der Waals surface area (Å²) in [6.07, 6.45) is 1.67. The number of rotatable bonds is 4. The highest BCUT2D eigenvalue weighted by molar-refractivity contribution is 7.90. The van der Waals surface area contributed by atoms with Crippen molar-refractivity contribution in [3.63, 3.8) is 0 Å². The summed E-state index contributed by atoms with van der Waals surface area (Å²) in [5, 5.41) is -0.114. The second kappa shape index (κ2) is 5.95. The Morgan fingerprint density at radius 1 is 1.14 bits per heavy atom. The molecule has 1 aliphatic heterocycles. The Labute approximate surface area is 134 Å². The summed E-state index contributed by atoms with van der Waals surface area (Å²) in [4.78, 5) is 2.29. The van der Waals surface area contributed by atoms with Crippen LogP contribution in [0.4, 0.5) is 0 Å². The average Bonchev–Trinajstić information content (AvgIpc) is 3.32. The number of hydrogen-bond acceptors (Lipinski definition) is 3. The minimum absolute atomic E-state index is 0.114. The van der Waals surface area contributed by atoms with E-state index in [4.69, 9.17) is 0 Å². The highest BCUT2D eigenvalue weighted by Gasteiger charge is 2.42. The minimum atomic E-state index is -3.08. The first-order valence-electron chi connectivity index (χ1n) is 8.19. The zero-order valence-corrected chi connectivity index (χ0v) is 14.5. The predicted molar refractivity (Wildman–Crippen MR) is 89.4 cm³/mol. The van der Waals surface area contributed by atoms with Crippen LogP contribution in [-0.4, -0.2) is 49.6 Å². The third-order valence-electron chi connectivity index (χ3n) is 4.89. The van der Waals surface area contributed by atoms with Gasteiger partial charge in [-0.1, -0.05) is 38.1 Å². The monoisotopic (exact) mass is 322 g/mol. The zero-order chi connectivity index (χ0) is 15.9.